The second kappa shape index (κ2) is 5.39. The summed E-state index contributed by atoms with van der Waals surface area (Å²) in [5, 5.41) is 6.66. The molecule has 1 nitrogen and oxygen atoms in total. The van der Waals surface area contributed by atoms with Gasteiger partial charge in [-0.2, -0.15) is 0 Å². The first kappa shape index (κ1) is 12.8. The highest BCUT2D eigenvalue weighted by Crippen LogP contribution is 2.36. The molecule has 0 fully saturated rings. The Labute approximate surface area is 130 Å². The van der Waals surface area contributed by atoms with Crippen molar-refractivity contribution >= 4 is 51.2 Å². The Hall–Kier alpha value is -0.260. The maximum Gasteiger partial charge on any atom is 0.0525 e. The second-order valence-corrected chi connectivity index (χ2v) is 7.11. The van der Waals surface area contributed by atoms with E-state index in [1.807, 2.05) is 23.5 Å². The lowest BCUT2D eigenvalue weighted by Gasteiger charge is -2.25. The maximum absolute atomic E-state index is 5.99. The van der Waals surface area contributed by atoms with Crippen LogP contribution in [0.5, 0.6) is 0 Å². The number of thiophene rings is 1. The molecule has 3 rings (SSSR count). The Morgan fingerprint density at radius 2 is 2.22 bits per heavy atom. The Bertz CT molecular complexity index is 567. The lowest BCUT2D eigenvalue weighted by Crippen LogP contribution is -2.16. The third-order valence-electron chi connectivity index (χ3n) is 3.31. The molecule has 1 aliphatic rings. The molecule has 1 atom stereocenters. The zero-order valence-electron chi connectivity index (χ0n) is 9.75. The van der Waals surface area contributed by atoms with Gasteiger partial charge in [-0.25, -0.2) is 0 Å². The summed E-state index contributed by atoms with van der Waals surface area (Å²) in [6.07, 6.45) is 3.72. The van der Waals surface area contributed by atoms with Gasteiger partial charge in [-0.1, -0.05) is 11.6 Å². The molecule has 0 saturated carbocycles. The van der Waals surface area contributed by atoms with E-state index in [0.717, 1.165) is 5.02 Å². The molecule has 1 heterocycles. The number of halogens is 2. The molecule has 0 amide bonds. The molecule has 18 heavy (non-hydrogen) atoms. The van der Waals surface area contributed by atoms with Crippen LogP contribution in [0.1, 0.15) is 29.3 Å². The summed E-state index contributed by atoms with van der Waals surface area (Å²) in [4.78, 5) is 1.54. The Kier molecular flexibility index (Phi) is 3.82. The molecule has 0 aliphatic heterocycles. The van der Waals surface area contributed by atoms with E-state index in [9.17, 15) is 0 Å². The molecule has 94 valence electrons. The molecule has 1 aromatic carbocycles. The largest absolute Gasteiger partial charge is 0.377 e. The fourth-order valence-corrected chi connectivity index (χ4v) is 4.45. The van der Waals surface area contributed by atoms with Gasteiger partial charge in [-0.3, -0.25) is 0 Å². The molecule has 0 saturated heterocycles. The van der Waals surface area contributed by atoms with Crippen LogP contribution >= 0.6 is 45.5 Å². The minimum Gasteiger partial charge on any atom is -0.377 e. The summed E-state index contributed by atoms with van der Waals surface area (Å²) in [6.45, 7) is 0. The summed E-state index contributed by atoms with van der Waals surface area (Å²) in [5.74, 6) is 0. The molecule has 1 aliphatic carbocycles. The molecular formula is C14H13ClINS. The highest BCUT2D eigenvalue weighted by Gasteiger charge is 2.21. The van der Waals surface area contributed by atoms with E-state index in [-0.39, 0.29) is 0 Å². The van der Waals surface area contributed by atoms with E-state index >= 15 is 0 Å². The zero-order chi connectivity index (χ0) is 12.5. The van der Waals surface area contributed by atoms with E-state index in [0.29, 0.717) is 6.04 Å². The number of hydrogen-bond acceptors (Lipinski definition) is 2. The number of benzene rings is 1. The fourth-order valence-electron chi connectivity index (χ4n) is 2.43. The van der Waals surface area contributed by atoms with Gasteiger partial charge in [-0.05, 0) is 77.1 Å². The molecule has 0 spiro atoms. The molecule has 1 aromatic heterocycles. The number of rotatable bonds is 2. The van der Waals surface area contributed by atoms with E-state index in [4.69, 9.17) is 11.6 Å². The number of fused-ring (bicyclic) bond motifs is 1. The van der Waals surface area contributed by atoms with Crippen LogP contribution in [0.15, 0.2) is 29.6 Å². The average Bonchev–Trinajstić information content (AvgIpc) is 2.82. The van der Waals surface area contributed by atoms with Gasteiger partial charge >= 0.3 is 0 Å². The summed E-state index contributed by atoms with van der Waals surface area (Å²) < 4.78 is 1.18. The van der Waals surface area contributed by atoms with Crippen LogP contribution < -0.4 is 5.32 Å². The van der Waals surface area contributed by atoms with Crippen LogP contribution in [0.3, 0.4) is 0 Å². The third-order valence-corrected chi connectivity index (χ3v) is 5.44. The van der Waals surface area contributed by atoms with Gasteiger partial charge in [0.25, 0.3) is 0 Å². The molecule has 1 N–H and O–H groups in total. The van der Waals surface area contributed by atoms with Crippen LogP contribution in [-0.2, 0) is 6.42 Å². The van der Waals surface area contributed by atoms with Crippen LogP contribution in [-0.4, -0.2) is 0 Å². The maximum atomic E-state index is 5.99. The fraction of sp³-hybridized carbons (Fsp3) is 0.286. The van der Waals surface area contributed by atoms with Crippen molar-refractivity contribution in [3.8, 4) is 0 Å². The van der Waals surface area contributed by atoms with Crippen molar-refractivity contribution < 1.29 is 0 Å². The molecule has 0 bridgehead atoms. The SMILES string of the molecule is Clc1ccc(NC2CCCc3sccc32)c(I)c1. The molecule has 4 heteroatoms. The number of anilines is 1. The van der Waals surface area contributed by atoms with Gasteiger partial charge in [0.05, 0.1) is 6.04 Å². The lowest BCUT2D eigenvalue weighted by atomic mass is 9.94. The van der Waals surface area contributed by atoms with Crippen molar-refractivity contribution in [3.63, 3.8) is 0 Å². The third kappa shape index (κ3) is 2.53. The van der Waals surface area contributed by atoms with Crippen molar-refractivity contribution in [2.45, 2.75) is 25.3 Å². The van der Waals surface area contributed by atoms with E-state index in [1.165, 1.54) is 34.1 Å². The van der Waals surface area contributed by atoms with Crippen molar-refractivity contribution in [3.05, 3.63) is 48.7 Å². The standard InChI is InChI=1S/C14H13ClINS/c15-9-4-5-13(11(16)8-9)17-12-2-1-3-14-10(12)6-7-18-14/h4-8,12,17H,1-3H2. The van der Waals surface area contributed by atoms with Crippen LogP contribution in [0.25, 0.3) is 0 Å². The van der Waals surface area contributed by atoms with Crippen LogP contribution in [0.2, 0.25) is 5.02 Å². The van der Waals surface area contributed by atoms with Gasteiger partial charge in [0.15, 0.2) is 0 Å². The predicted molar refractivity (Wildman–Crippen MR) is 87.8 cm³/mol. The van der Waals surface area contributed by atoms with Crippen LogP contribution in [0.4, 0.5) is 5.69 Å². The zero-order valence-corrected chi connectivity index (χ0v) is 13.5. The highest BCUT2D eigenvalue weighted by molar-refractivity contribution is 14.1. The normalized spacial score (nSPS) is 18.4. The first-order valence-corrected chi connectivity index (χ1v) is 8.35. The number of aryl methyl sites for hydroxylation is 1. The second-order valence-electron chi connectivity index (χ2n) is 4.51. The van der Waals surface area contributed by atoms with Crippen LogP contribution in [0, 0.1) is 3.57 Å². The predicted octanol–water partition coefficient (Wildman–Crippen LogP) is 5.50. The summed E-state index contributed by atoms with van der Waals surface area (Å²) in [7, 11) is 0. The van der Waals surface area contributed by atoms with Gasteiger partial charge in [-0.15, -0.1) is 11.3 Å². The minimum atomic E-state index is 0.453. The minimum absolute atomic E-state index is 0.453. The summed E-state index contributed by atoms with van der Waals surface area (Å²) in [6, 6.07) is 8.74. The monoisotopic (exact) mass is 389 g/mol. The quantitative estimate of drug-likeness (QED) is 0.669. The Balaban J connectivity index is 1.86. The number of nitrogens with one attached hydrogen (secondary N) is 1. The number of hydrogen-bond donors (Lipinski definition) is 1. The van der Waals surface area contributed by atoms with Crippen molar-refractivity contribution in [1.82, 2.24) is 0 Å². The molecular weight excluding hydrogens is 377 g/mol. The molecule has 0 radical (unpaired) electrons. The van der Waals surface area contributed by atoms with Gasteiger partial charge in [0.1, 0.15) is 0 Å². The lowest BCUT2D eigenvalue weighted by molar-refractivity contribution is 0.608. The van der Waals surface area contributed by atoms with Gasteiger partial charge in [0.2, 0.25) is 0 Å². The van der Waals surface area contributed by atoms with Gasteiger partial charge < -0.3 is 5.32 Å². The van der Waals surface area contributed by atoms with E-state index < -0.39 is 0 Å². The summed E-state index contributed by atoms with van der Waals surface area (Å²) in [5.41, 5.74) is 2.67. The first-order chi connectivity index (χ1) is 8.74. The molecule has 2 aromatic rings. The summed E-state index contributed by atoms with van der Waals surface area (Å²) >= 11 is 10.2. The van der Waals surface area contributed by atoms with E-state index in [2.05, 4.69) is 45.4 Å². The smallest absolute Gasteiger partial charge is 0.0525 e. The highest BCUT2D eigenvalue weighted by atomic mass is 127. The first-order valence-electron chi connectivity index (χ1n) is 6.02. The topological polar surface area (TPSA) is 12.0 Å². The van der Waals surface area contributed by atoms with Crippen molar-refractivity contribution in [2.24, 2.45) is 0 Å². The van der Waals surface area contributed by atoms with Gasteiger partial charge in [0, 0.05) is 19.2 Å². The Morgan fingerprint density at radius 3 is 3.06 bits per heavy atom. The average molecular weight is 390 g/mol. The van der Waals surface area contributed by atoms with Crippen molar-refractivity contribution in [2.75, 3.05) is 5.32 Å². The van der Waals surface area contributed by atoms with Crippen molar-refractivity contribution in [1.29, 1.82) is 0 Å². The Morgan fingerprint density at radius 1 is 1.33 bits per heavy atom. The molecule has 1 unspecified atom stereocenters. The van der Waals surface area contributed by atoms with E-state index in [1.54, 1.807) is 4.88 Å².